The summed E-state index contributed by atoms with van der Waals surface area (Å²) in [5.41, 5.74) is 10.3. The predicted octanol–water partition coefficient (Wildman–Crippen LogP) is 13.5. The van der Waals surface area contributed by atoms with Crippen molar-refractivity contribution >= 4 is 66.1 Å². The second-order valence-electron chi connectivity index (χ2n) is 12.6. The molecule has 0 unspecified atom stereocenters. The number of hydrogen-bond donors (Lipinski definition) is 0. The Hall–Kier alpha value is -6.31. The molecule has 0 aliphatic rings. The number of para-hydroxylation sites is 1. The molecule has 230 valence electrons. The monoisotopic (exact) mass is 623 g/mol. The number of hydrogen-bond acceptors (Lipinski definition) is 1. The van der Waals surface area contributed by atoms with Crippen LogP contribution in [0.1, 0.15) is 18.1 Å². The van der Waals surface area contributed by atoms with Gasteiger partial charge in [0.05, 0.1) is 11.2 Å². The molecule has 0 radical (unpaired) electrons. The van der Waals surface area contributed by atoms with Crippen molar-refractivity contribution < 1.29 is 0 Å². The van der Waals surface area contributed by atoms with Crippen LogP contribution < -0.4 is 0 Å². The Morgan fingerprint density at radius 3 is 1.76 bits per heavy atom. The van der Waals surface area contributed by atoms with Gasteiger partial charge in [-0.25, -0.2) is 4.98 Å². The average Bonchev–Trinajstić information content (AvgIpc) is 3.17. The lowest BCUT2D eigenvalue weighted by molar-refractivity contribution is 1.43. The van der Waals surface area contributed by atoms with Gasteiger partial charge in [0.15, 0.2) is 0 Å². The van der Waals surface area contributed by atoms with Gasteiger partial charge in [-0.3, -0.25) is 0 Å². The van der Waals surface area contributed by atoms with E-state index in [2.05, 4.69) is 177 Å². The van der Waals surface area contributed by atoms with Crippen molar-refractivity contribution in [2.75, 3.05) is 0 Å². The molecule has 0 spiro atoms. The minimum atomic E-state index is 1.01. The molecule has 0 fully saturated rings. The molecular weight excluding hydrogens is 591 g/mol. The van der Waals surface area contributed by atoms with Gasteiger partial charge in [-0.15, -0.1) is 0 Å². The van der Waals surface area contributed by atoms with Crippen LogP contribution in [0.2, 0.25) is 0 Å². The van der Waals surface area contributed by atoms with Crippen LogP contribution in [0.4, 0.5) is 0 Å². The van der Waals surface area contributed by atoms with Crippen LogP contribution in [0.25, 0.3) is 99.7 Å². The zero-order valence-corrected chi connectivity index (χ0v) is 27.3. The Morgan fingerprint density at radius 2 is 1.08 bits per heavy atom. The second kappa shape index (κ2) is 11.7. The second-order valence-corrected chi connectivity index (χ2v) is 12.6. The van der Waals surface area contributed by atoms with Crippen molar-refractivity contribution in [3.8, 4) is 33.5 Å². The summed E-state index contributed by atoms with van der Waals surface area (Å²) < 4.78 is 0. The Bertz CT molecular complexity index is 2710. The van der Waals surface area contributed by atoms with Crippen LogP contribution in [0.15, 0.2) is 164 Å². The zero-order valence-electron chi connectivity index (χ0n) is 27.3. The van der Waals surface area contributed by atoms with Crippen molar-refractivity contribution in [1.29, 1.82) is 0 Å². The number of benzene rings is 8. The fourth-order valence-electron chi connectivity index (χ4n) is 7.80. The standard InChI is InChI=1S/C48H33N/c1-3-14-35-31(4-2)16-13-23-37(35)47-40-20-9-7-18-38(40)45(39-19-8-10-21-41(39)47)33-25-27-34(28-26-33)48-43-30-29-32-15-5-6-17-36(32)46(43)42-22-11-12-24-44(42)49-48/h3-30H,2H2,1H3/b14-3-. The summed E-state index contributed by atoms with van der Waals surface area (Å²) in [6.45, 7) is 6.20. The van der Waals surface area contributed by atoms with Crippen LogP contribution in [0, 0.1) is 0 Å². The van der Waals surface area contributed by atoms with Gasteiger partial charge in [-0.2, -0.15) is 0 Å². The number of rotatable bonds is 5. The van der Waals surface area contributed by atoms with Crippen molar-refractivity contribution in [2.45, 2.75) is 6.92 Å². The topological polar surface area (TPSA) is 12.9 Å². The summed E-state index contributed by atoms with van der Waals surface area (Å²) in [4.78, 5) is 5.25. The van der Waals surface area contributed by atoms with Gasteiger partial charge < -0.3 is 0 Å². The lowest BCUT2D eigenvalue weighted by Crippen LogP contribution is -1.94. The maximum Gasteiger partial charge on any atom is 0.0788 e. The van der Waals surface area contributed by atoms with Crippen molar-refractivity contribution in [2.24, 2.45) is 0 Å². The van der Waals surface area contributed by atoms with Gasteiger partial charge in [-0.1, -0.05) is 170 Å². The van der Waals surface area contributed by atoms with Gasteiger partial charge in [0.2, 0.25) is 0 Å². The van der Waals surface area contributed by atoms with E-state index < -0.39 is 0 Å². The van der Waals surface area contributed by atoms with E-state index in [4.69, 9.17) is 4.98 Å². The third kappa shape index (κ3) is 4.58. The highest BCUT2D eigenvalue weighted by atomic mass is 14.7. The summed E-state index contributed by atoms with van der Waals surface area (Å²) in [6.07, 6.45) is 6.27. The van der Waals surface area contributed by atoms with E-state index in [1.165, 1.54) is 76.3 Å². The number of pyridine rings is 1. The molecule has 0 N–H and O–H groups in total. The quantitative estimate of drug-likeness (QED) is 0.137. The molecule has 0 saturated carbocycles. The first kappa shape index (κ1) is 28.9. The summed E-state index contributed by atoms with van der Waals surface area (Å²) >= 11 is 0. The van der Waals surface area contributed by atoms with Gasteiger partial charge in [0.1, 0.15) is 0 Å². The number of nitrogens with zero attached hydrogens (tertiary/aromatic N) is 1. The van der Waals surface area contributed by atoms with Crippen molar-refractivity contribution in [3.63, 3.8) is 0 Å². The van der Waals surface area contributed by atoms with E-state index in [-0.39, 0.29) is 0 Å². The van der Waals surface area contributed by atoms with Crippen LogP contribution >= 0.6 is 0 Å². The third-order valence-corrected chi connectivity index (χ3v) is 9.93. The molecule has 9 rings (SSSR count). The van der Waals surface area contributed by atoms with Gasteiger partial charge in [-0.05, 0) is 78.7 Å². The average molecular weight is 624 g/mol. The van der Waals surface area contributed by atoms with Crippen molar-refractivity contribution in [1.82, 2.24) is 4.98 Å². The maximum absolute atomic E-state index is 5.25. The molecule has 1 heteroatoms. The van der Waals surface area contributed by atoms with Crippen LogP contribution in [-0.4, -0.2) is 4.98 Å². The molecule has 8 aromatic carbocycles. The summed E-state index contributed by atoms with van der Waals surface area (Å²) in [5.74, 6) is 0. The Balaban J connectivity index is 1.28. The Kier molecular flexibility index (Phi) is 6.92. The first-order valence-corrected chi connectivity index (χ1v) is 16.9. The molecule has 0 aliphatic carbocycles. The Labute approximate surface area is 286 Å². The van der Waals surface area contributed by atoms with Crippen LogP contribution in [-0.2, 0) is 0 Å². The lowest BCUT2D eigenvalue weighted by atomic mass is 9.83. The lowest BCUT2D eigenvalue weighted by Gasteiger charge is -2.20. The van der Waals surface area contributed by atoms with Crippen LogP contribution in [0.5, 0.6) is 0 Å². The fraction of sp³-hybridized carbons (Fsp3) is 0.0208. The van der Waals surface area contributed by atoms with E-state index in [0.717, 1.165) is 22.3 Å². The molecule has 49 heavy (non-hydrogen) atoms. The first-order chi connectivity index (χ1) is 24.2. The number of aromatic nitrogens is 1. The largest absolute Gasteiger partial charge is 0.247 e. The summed E-state index contributed by atoms with van der Waals surface area (Å²) in [7, 11) is 0. The van der Waals surface area contributed by atoms with E-state index in [0.29, 0.717) is 0 Å². The molecule has 9 aromatic rings. The molecule has 0 amide bonds. The predicted molar refractivity (Wildman–Crippen MR) is 213 cm³/mol. The number of fused-ring (bicyclic) bond motifs is 7. The molecule has 1 aromatic heterocycles. The molecule has 1 nitrogen and oxygen atoms in total. The van der Waals surface area contributed by atoms with Crippen molar-refractivity contribution in [3.05, 3.63) is 175 Å². The van der Waals surface area contributed by atoms with E-state index in [9.17, 15) is 0 Å². The highest BCUT2D eigenvalue weighted by Crippen LogP contribution is 2.46. The smallest absolute Gasteiger partial charge is 0.0788 e. The highest BCUT2D eigenvalue weighted by Gasteiger charge is 2.19. The minimum absolute atomic E-state index is 1.01. The molecule has 0 aliphatic heterocycles. The summed E-state index contributed by atoms with van der Waals surface area (Å²) in [6, 6.07) is 54.9. The van der Waals surface area contributed by atoms with Gasteiger partial charge in [0.25, 0.3) is 0 Å². The third-order valence-electron chi connectivity index (χ3n) is 9.93. The normalized spacial score (nSPS) is 11.8. The van der Waals surface area contributed by atoms with E-state index in [1.807, 2.05) is 6.08 Å². The fourth-order valence-corrected chi connectivity index (χ4v) is 7.80. The molecule has 0 saturated heterocycles. The summed E-state index contributed by atoms with van der Waals surface area (Å²) in [5, 5.41) is 11.1. The van der Waals surface area contributed by atoms with Crippen LogP contribution in [0.3, 0.4) is 0 Å². The number of allylic oxidation sites excluding steroid dienone is 1. The van der Waals surface area contributed by atoms with E-state index >= 15 is 0 Å². The molecule has 0 bridgehead atoms. The molecular formula is C48H33N. The molecule has 0 atom stereocenters. The zero-order chi connectivity index (χ0) is 32.9. The first-order valence-electron chi connectivity index (χ1n) is 16.9. The van der Waals surface area contributed by atoms with E-state index in [1.54, 1.807) is 0 Å². The van der Waals surface area contributed by atoms with Gasteiger partial charge in [0, 0.05) is 21.7 Å². The molecule has 1 heterocycles. The SMILES string of the molecule is C=Cc1cccc(-c2c3ccccc3c(-c3ccc(-c4nc5ccccc5c5c4ccc4ccccc45)cc3)c3ccccc23)c1/C=C\C. The Morgan fingerprint density at radius 1 is 0.490 bits per heavy atom. The minimum Gasteiger partial charge on any atom is -0.247 e. The van der Waals surface area contributed by atoms with Gasteiger partial charge >= 0.3 is 0 Å². The maximum atomic E-state index is 5.25. The highest BCUT2D eigenvalue weighted by molar-refractivity contribution is 6.23.